The summed E-state index contributed by atoms with van der Waals surface area (Å²) >= 11 is 0. The molecule has 3 aromatic rings. The number of hydrogen-bond donors (Lipinski definition) is 1. The molecule has 28 heavy (non-hydrogen) atoms. The first-order valence-electron chi connectivity index (χ1n) is 9.00. The average Bonchev–Trinajstić information content (AvgIpc) is 2.67. The van der Waals surface area contributed by atoms with Crippen molar-refractivity contribution < 1.29 is 17.9 Å². The fraction of sp³-hybridized carbons (Fsp3) is 0.227. The Morgan fingerprint density at radius 2 is 1.57 bits per heavy atom. The minimum atomic E-state index is -3.24. The molecule has 0 aliphatic heterocycles. The quantitative estimate of drug-likeness (QED) is 0.685. The van der Waals surface area contributed by atoms with E-state index in [1.807, 2.05) is 49.4 Å². The number of rotatable bonds is 6. The van der Waals surface area contributed by atoms with Crippen LogP contribution in [-0.4, -0.2) is 26.7 Å². The van der Waals surface area contributed by atoms with Crippen molar-refractivity contribution in [2.75, 3.05) is 6.26 Å². The van der Waals surface area contributed by atoms with E-state index in [0.717, 1.165) is 16.3 Å². The molecule has 1 N–H and O–H groups in total. The average molecular weight is 397 g/mol. The van der Waals surface area contributed by atoms with Gasteiger partial charge in [-0.05, 0) is 54.4 Å². The fourth-order valence-electron chi connectivity index (χ4n) is 2.92. The molecule has 0 heterocycles. The summed E-state index contributed by atoms with van der Waals surface area (Å²) in [7, 11) is -3.24. The highest BCUT2D eigenvalue weighted by Gasteiger charge is 2.18. The topological polar surface area (TPSA) is 72.5 Å². The maximum absolute atomic E-state index is 12.5. The van der Waals surface area contributed by atoms with E-state index in [1.54, 1.807) is 31.2 Å². The summed E-state index contributed by atoms with van der Waals surface area (Å²) in [5, 5.41) is 5.06. The van der Waals surface area contributed by atoms with Gasteiger partial charge in [0.1, 0.15) is 5.75 Å². The lowest BCUT2D eigenvalue weighted by Gasteiger charge is -2.19. The number of sulfone groups is 1. The van der Waals surface area contributed by atoms with Gasteiger partial charge in [0.15, 0.2) is 15.9 Å². The molecule has 0 unspecified atom stereocenters. The number of hydrogen-bond acceptors (Lipinski definition) is 4. The lowest BCUT2D eigenvalue weighted by atomic mass is 10.1. The van der Waals surface area contributed by atoms with E-state index in [9.17, 15) is 13.2 Å². The summed E-state index contributed by atoms with van der Waals surface area (Å²) in [5.74, 6) is 0.388. The van der Waals surface area contributed by atoms with Gasteiger partial charge in [-0.3, -0.25) is 4.79 Å². The molecule has 0 bridgehead atoms. The lowest BCUT2D eigenvalue weighted by Crippen LogP contribution is -2.37. The molecule has 3 rings (SSSR count). The maximum Gasteiger partial charge on any atom is 0.261 e. The standard InChI is InChI=1S/C22H23NO4S/c1-15(17-9-12-21(13-10-17)28(3,25)26)23-22(24)16(2)27-20-11-8-18-6-4-5-7-19(18)14-20/h4-16H,1-3H3,(H,23,24)/t15-,16+/m0/s1. The second kappa shape index (κ2) is 8.02. The first-order chi connectivity index (χ1) is 13.2. The Bertz CT molecular complexity index is 1090. The smallest absolute Gasteiger partial charge is 0.261 e. The van der Waals surface area contributed by atoms with Crippen molar-refractivity contribution in [2.45, 2.75) is 30.9 Å². The van der Waals surface area contributed by atoms with E-state index in [4.69, 9.17) is 4.74 Å². The zero-order valence-electron chi connectivity index (χ0n) is 16.0. The third kappa shape index (κ3) is 4.70. The largest absolute Gasteiger partial charge is 0.481 e. The molecule has 0 fully saturated rings. The van der Waals surface area contributed by atoms with Crippen molar-refractivity contribution in [3.05, 3.63) is 72.3 Å². The molecular weight excluding hydrogens is 374 g/mol. The van der Waals surface area contributed by atoms with Crippen LogP contribution in [0.1, 0.15) is 25.5 Å². The summed E-state index contributed by atoms with van der Waals surface area (Å²) in [4.78, 5) is 12.7. The van der Waals surface area contributed by atoms with Crippen LogP contribution in [0.25, 0.3) is 10.8 Å². The van der Waals surface area contributed by atoms with Gasteiger partial charge in [-0.15, -0.1) is 0 Å². The molecule has 3 aromatic carbocycles. The van der Waals surface area contributed by atoms with Gasteiger partial charge in [0.05, 0.1) is 10.9 Å². The number of carbonyl (C=O) groups excluding carboxylic acids is 1. The Hall–Kier alpha value is -2.86. The number of ether oxygens (including phenoxy) is 1. The van der Waals surface area contributed by atoms with Gasteiger partial charge in [0.25, 0.3) is 5.91 Å². The minimum Gasteiger partial charge on any atom is -0.481 e. The Morgan fingerprint density at radius 1 is 0.929 bits per heavy atom. The normalized spacial score (nSPS) is 13.7. The summed E-state index contributed by atoms with van der Waals surface area (Å²) in [6, 6.07) is 19.9. The summed E-state index contributed by atoms with van der Waals surface area (Å²) in [6.07, 6.45) is 0.498. The molecule has 5 nitrogen and oxygen atoms in total. The minimum absolute atomic E-state index is 0.243. The maximum atomic E-state index is 12.5. The van der Waals surface area contributed by atoms with Crippen LogP contribution in [0, 0.1) is 0 Å². The van der Waals surface area contributed by atoms with Gasteiger partial charge < -0.3 is 10.1 Å². The molecule has 0 radical (unpaired) electrons. The van der Waals surface area contributed by atoms with E-state index >= 15 is 0 Å². The van der Waals surface area contributed by atoms with Gasteiger partial charge in [0, 0.05) is 6.26 Å². The Labute approximate surface area is 165 Å². The van der Waals surface area contributed by atoms with Crippen LogP contribution in [0.4, 0.5) is 0 Å². The van der Waals surface area contributed by atoms with E-state index in [2.05, 4.69) is 5.32 Å². The zero-order chi connectivity index (χ0) is 20.3. The zero-order valence-corrected chi connectivity index (χ0v) is 16.9. The van der Waals surface area contributed by atoms with Crippen molar-refractivity contribution in [3.63, 3.8) is 0 Å². The van der Waals surface area contributed by atoms with Crippen molar-refractivity contribution in [2.24, 2.45) is 0 Å². The number of fused-ring (bicyclic) bond motifs is 1. The highest BCUT2D eigenvalue weighted by Crippen LogP contribution is 2.22. The Balaban J connectivity index is 1.64. The summed E-state index contributed by atoms with van der Waals surface area (Å²) in [6.45, 7) is 3.54. The molecule has 146 valence electrons. The molecule has 0 saturated heterocycles. The predicted octanol–water partition coefficient (Wildman–Crippen LogP) is 3.89. The molecular formula is C22H23NO4S. The van der Waals surface area contributed by atoms with E-state index in [-0.39, 0.29) is 16.8 Å². The molecule has 1 amide bonds. The monoisotopic (exact) mass is 397 g/mol. The van der Waals surface area contributed by atoms with Gasteiger partial charge in [-0.25, -0.2) is 8.42 Å². The molecule has 0 aromatic heterocycles. The number of amides is 1. The van der Waals surface area contributed by atoms with E-state index in [0.29, 0.717) is 5.75 Å². The van der Waals surface area contributed by atoms with Crippen molar-refractivity contribution in [3.8, 4) is 5.75 Å². The van der Waals surface area contributed by atoms with Gasteiger partial charge in [0.2, 0.25) is 0 Å². The molecule has 0 saturated carbocycles. The Kier molecular flexibility index (Phi) is 5.70. The van der Waals surface area contributed by atoms with Crippen LogP contribution < -0.4 is 10.1 Å². The predicted molar refractivity (Wildman–Crippen MR) is 110 cm³/mol. The van der Waals surface area contributed by atoms with Crippen LogP contribution >= 0.6 is 0 Å². The Morgan fingerprint density at radius 3 is 2.21 bits per heavy atom. The van der Waals surface area contributed by atoms with E-state index in [1.165, 1.54) is 6.26 Å². The highest BCUT2D eigenvalue weighted by molar-refractivity contribution is 7.90. The van der Waals surface area contributed by atoms with Gasteiger partial charge in [-0.2, -0.15) is 0 Å². The fourth-order valence-corrected chi connectivity index (χ4v) is 3.55. The van der Waals surface area contributed by atoms with Crippen LogP contribution in [0.15, 0.2) is 71.6 Å². The van der Waals surface area contributed by atoms with Crippen molar-refractivity contribution in [1.29, 1.82) is 0 Å². The molecule has 0 aliphatic carbocycles. The summed E-state index contributed by atoms with van der Waals surface area (Å²) < 4.78 is 28.9. The van der Waals surface area contributed by atoms with Crippen LogP contribution in [0.5, 0.6) is 5.75 Å². The van der Waals surface area contributed by atoms with Crippen molar-refractivity contribution in [1.82, 2.24) is 5.32 Å². The highest BCUT2D eigenvalue weighted by atomic mass is 32.2. The number of carbonyl (C=O) groups is 1. The second-order valence-electron chi connectivity index (χ2n) is 6.84. The number of nitrogens with one attached hydrogen (secondary N) is 1. The van der Waals surface area contributed by atoms with Gasteiger partial charge in [-0.1, -0.05) is 42.5 Å². The summed E-state index contributed by atoms with van der Waals surface area (Å²) in [5.41, 5.74) is 0.818. The van der Waals surface area contributed by atoms with E-state index < -0.39 is 15.9 Å². The molecule has 0 spiro atoms. The van der Waals surface area contributed by atoms with Gasteiger partial charge >= 0.3 is 0 Å². The van der Waals surface area contributed by atoms with Crippen molar-refractivity contribution >= 4 is 26.5 Å². The van der Waals surface area contributed by atoms with Crippen LogP contribution in [0.3, 0.4) is 0 Å². The second-order valence-corrected chi connectivity index (χ2v) is 8.86. The molecule has 2 atom stereocenters. The lowest BCUT2D eigenvalue weighted by molar-refractivity contribution is -0.127. The number of benzene rings is 3. The first kappa shape index (κ1) is 19.9. The SMILES string of the molecule is C[C@H](NC(=O)[C@@H](C)Oc1ccc2ccccc2c1)c1ccc(S(C)(=O)=O)cc1. The third-order valence-corrected chi connectivity index (χ3v) is 5.70. The third-order valence-electron chi connectivity index (χ3n) is 4.57. The van der Waals surface area contributed by atoms with Crippen LogP contribution in [0.2, 0.25) is 0 Å². The van der Waals surface area contributed by atoms with Crippen LogP contribution in [-0.2, 0) is 14.6 Å². The first-order valence-corrected chi connectivity index (χ1v) is 10.9. The molecule has 6 heteroatoms. The molecule has 0 aliphatic rings.